The summed E-state index contributed by atoms with van der Waals surface area (Å²) in [4.78, 5) is 53.3. The van der Waals surface area contributed by atoms with Crippen molar-refractivity contribution in [3.63, 3.8) is 0 Å². The monoisotopic (exact) mass is 638 g/mol. The second kappa shape index (κ2) is 49.8. The first-order valence-electron chi connectivity index (χ1n) is 6.47. The van der Waals surface area contributed by atoms with E-state index in [0.29, 0.717) is 0 Å². The van der Waals surface area contributed by atoms with Crippen LogP contribution in [0.5, 0.6) is 0 Å². The van der Waals surface area contributed by atoms with Gasteiger partial charge >= 0.3 is 31.1 Å². The zero-order valence-corrected chi connectivity index (χ0v) is 20.7. The summed E-state index contributed by atoms with van der Waals surface area (Å²) < 4.78 is 0. The van der Waals surface area contributed by atoms with Gasteiger partial charge in [0.15, 0.2) is 0 Å². The van der Waals surface area contributed by atoms with E-state index < -0.39 is 35.8 Å². The second-order valence-electron chi connectivity index (χ2n) is 3.27. The van der Waals surface area contributed by atoms with Crippen molar-refractivity contribution in [3.05, 3.63) is 0 Å². The van der Waals surface area contributed by atoms with Crippen molar-refractivity contribution in [3.8, 4) is 0 Å². The molecule has 0 aliphatic carbocycles. The zero-order chi connectivity index (χ0) is 24.2. The first kappa shape index (κ1) is 50.1. The minimum atomic E-state index is -1.08. The summed E-state index contributed by atoms with van der Waals surface area (Å²) in [5.74, 6) is -6.50. The molecule has 0 atom stereocenters. The van der Waals surface area contributed by atoms with Gasteiger partial charge in [-0.1, -0.05) is 0 Å². The number of aliphatic carboxylic acids is 6. The van der Waals surface area contributed by atoms with Crippen LogP contribution in [0.25, 0.3) is 0 Å². The Hall–Kier alpha value is -2.17. The number of rotatable bonds is 0. The van der Waals surface area contributed by atoms with E-state index in [1.54, 1.807) is 6.92 Å². The molecule has 0 rings (SSSR count). The summed E-state index contributed by atoms with van der Waals surface area (Å²) in [6.07, 6.45) is 0. The van der Waals surface area contributed by atoms with Crippen molar-refractivity contribution >= 4 is 35.8 Å². The van der Waals surface area contributed by atoms with Crippen LogP contribution >= 0.6 is 0 Å². The van der Waals surface area contributed by atoms with Crippen LogP contribution in [0.4, 0.5) is 0 Å². The van der Waals surface area contributed by atoms with Gasteiger partial charge in [0, 0.05) is 42.4 Å². The molecule has 0 aromatic rings. The summed E-state index contributed by atoms with van der Waals surface area (Å²) in [7, 11) is 0. The number of carboxylic acids is 6. The molecule has 13 nitrogen and oxygen atoms in total. The quantitative estimate of drug-likeness (QED) is 0.259. The SMILES string of the molecule is CC(=O)[O-].CC(=O)[O-].CC(=O)[O-].CC(=O)[O-].CC(=O)[O-].CC(=O)[O-].CCO.[U+6]. The average Bonchev–Trinajstić information content (AvgIpc) is 2.22. The van der Waals surface area contributed by atoms with Gasteiger partial charge < -0.3 is 64.5 Å². The number of hydrogen-bond donors (Lipinski definition) is 1. The van der Waals surface area contributed by atoms with Crippen LogP contribution in [-0.2, 0) is 28.8 Å². The standard InChI is InChI=1S/6C2H4O2.C2H6O.U/c6*1-2(3)4;1-2-3;/h6*1H3,(H,3,4);3H,2H2,1H3;/q;;;;;;;+6/p-6. The van der Waals surface area contributed by atoms with Crippen molar-refractivity contribution < 1.29 is 95.6 Å². The Bertz CT molecular complexity index is 278. The molecule has 0 aromatic carbocycles. The first-order chi connectivity index (χ1) is 11.8. The number of carbonyl (C=O) groups excluding carboxylic acids is 6. The molecule has 0 aliphatic heterocycles. The van der Waals surface area contributed by atoms with Crippen LogP contribution in [0.2, 0.25) is 0 Å². The molecular formula is C14H24O13U. The minimum Gasteiger partial charge on any atom is -0.550 e. The maximum absolute atomic E-state index is 8.89. The Kier molecular flexibility index (Phi) is 89.1. The largest absolute Gasteiger partial charge is 6.00 e. The Morgan fingerprint density at radius 1 is 0.500 bits per heavy atom. The molecule has 0 radical (unpaired) electrons. The molecule has 0 saturated carbocycles. The van der Waals surface area contributed by atoms with E-state index >= 15 is 0 Å². The number of aliphatic hydroxyl groups excluding tert-OH is 1. The van der Waals surface area contributed by atoms with E-state index in [4.69, 9.17) is 64.5 Å². The Morgan fingerprint density at radius 2 is 0.500 bits per heavy atom. The third-order valence-electron chi connectivity index (χ3n) is 0. The van der Waals surface area contributed by atoms with Crippen molar-refractivity contribution in [2.45, 2.75) is 48.5 Å². The molecule has 14 heteroatoms. The fourth-order valence-corrected chi connectivity index (χ4v) is 0. The molecule has 28 heavy (non-hydrogen) atoms. The molecule has 0 bridgehead atoms. The number of aliphatic hydroxyl groups is 1. The predicted octanol–water partition coefficient (Wildman–Crippen LogP) is -7.46. The van der Waals surface area contributed by atoms with Gasteiger partial charge in [-0.3, -0.25) is 0 Å². The van der Waals surface area contributed by atoms with Crippen LogP contribution < -0.4 is 30.6 Å². The predicted molar refractivity (Wildman–Crippen MR) is 76.8 cm³/mol. The van der Waals surface area contributed by atoms with Crippen molar-refractivity contribution in [1.82, 2.24) is 0 Å². The van der Waals surface area contributed by atoms with Gasteiger partial charge in [0.1, 0.15) is 0 Å². The van der Waals surface area contributed by atoms with Gasteiger partial charge in [-0.2, -0.15) is 0 Å². The maximum Gasteiger partial charge on any atom is 6.00 e. The minimum absolute atomic E-state index is 0. The Morgan fingerprint density at radius 3 is 0.500 bits per heavy atom. The molecule has 0 heterocycles. The van der Waals surface area contributed by atoms with Crippen LogP contribution in [0.1, 0.15) is 48.5 Å². The van der Waals surface area contributed by atoms with E-state index in [1.807, 2.05) is 0 Å². The molecule has 162 valence electrons. The van der Waals surface area contributed by atoms with Crippen molar-refractivity contribution in [1.29, 1.82) is 0 Å². The smallest absolute Gasteiger partial charge is 0.550 e. The van der Waals surface area contributed by atoms with E-state index in [1.165, 1.54) is 0 Å². The molecule has 1 N–H and O–H groups in total. The Balaban J connectivity index is -0.0000000277. The molecule has 0 aliphatic rings. The maximum atomic E-state index is 8.89. The van der Waals surface area contributed by atoms with Crippen LogP contribution in [-0.4, -0.2) is 47.5 Å². The first-order valence-corrected chi connectivity index (χ1v) is 6.47. The van der Waals surface area contributed by atoms with E-state index in [-0.39, 0.29) is 37.7 Å². The van der Waals surface area contributed by atoms with Gasteiger partial charge in [-0.15, -0.1) is 0 Å². The van der Waals surface area contributed by atoms with Gasteiger partial charge in [0.25, 0.3) is 0 Å². The molecular weight excluding hydrogens is 614 g/mol. The molecule has 0 unspecified atom stereocenters. The van der Waals surface area contributed by atoms with Gasteiger partial charge in [-0.05, 0) is 48.5 Å². The molecule has 0 amide bonds. The van der Waals surface area contributed by atoms with Gasteiger partial charge in [-0.25, -0.2) is 0 Å². The molecule has 0 spiro atoms. The summed E-state index contributed by atoms with van der Waals surface area (Å²) in [6, 6.07) is 0. The summed E-state index contributed by atoms with van der Waals surface area (Å²) in [5, 5.41) is 60.9. The fraction of sp³-hybridized carbons (Fsp3) is 0.571. The van der Waals surface area contributed by atoms with Crippen LogP contribution in [0, 0.1) is 31.1 Å². The third-order valence-corrected chi connectivity index (χ3v) is 0. The zero-order valence-electron chi connectivity index (χ0n) is 16.6. The normalized spacial score (nSPS) is 6.00. The van der Waals surface area contributed by atoms with Gasteiger partial charge in [0.05, 0.1) is 0 Å². The third kappa shape index (κ3) is 2640. The van der Waals surface area contributed by atoms with Crippen molar-refractivity contribution in [2.75, 3.05) is 6.61 Å². The van der Waals surface area contributed by atoms with Crippen LogP contribution in [0.3, 0.4) is 0 Å². The topological polar surface area (TPSA) is 261 Å². The summed E-state index contributed by atoms with van der Waals surface area (Å²) in [6.45, 7) is 7.76. The van der Waals surface area contributed by atoms with Crippen LogP contribution in [0.15, 0.2) is 0 Å². The molecule has 0 saturated heterocycles. The molecule has 0 fully saturated rings. The number of hydrogen-bond acceptors (Lipinski definition) is 13. The Labute approximate surface area is 186 Å². The van der Waals surface area contributed by atoms with E-state index in [0.717, 1.165) is 41.5 Å². The average molecular weight is 638 g/mol. The van der Waals surface area contributed by atoms with E-state index in [2.05, 4.69) is 0 Å². The van der Waals surface area contributed by atoms with Gasteiger partial charge in [0.2, 0.25) is 0 Å². The number of carboxylic acid groups (broad SMARTS) is 6. The van der Waals surface area contributed by atoms with E-state index in [9.17, 15) is 0 Å². The van der Waals surface area contributed by atoms with Crippen molar-refractivity contribution in [2.24, 2.45) is 0 Å². The summed E-state index contributed by atoms with van der Waals surface area (Å²) in [5.41, 5.74) is 0. The fourth-order valence-electron chi connectivity index (χ4n) is 0. The second-order valence-corrected chi connectivity index (χ2v) is 3.27. The number of carbonyl (C=O) groups is 6. The molecule has 0 aromatic heterocycles. The summed E-state index contributed by atoms with van der Waals surface area (Å²) >= 11 is 0.